The number of methoxy groups -OCH3 is 1. The van der Waals surface area contributed by atoms with Crippen molar-refractivity contribution in [2.24, 2.45) is 5.92 Å². The van der Waals surface area contributed by atoms with Crippen LogP contribution in [0.1, 0.15) is 48.1 Å². The largest absolute Gasteiger partial charge is 0.481 e. The normalized spacial score (nSPS) is 22.4. The lowest BCUT2D eigenvalue weighted by molar-refractivity contribution is -0.143. The number of aromatic nitrogens is 2. The Morgan fingerprint density at radius 3 is 2.59 bits per heavy atom. The predicted molar refractivity (Wildman–Crippen MR) is 187 cm³/mol. The number of nitrogens with one attached hydrogen (secondary N) is 3. The molecule has 10 nitrogen and oxygen atoms in total. The molecule has 2 atom stereocenters. The molecular weight excluding hydrogens is 670 g/mol. The molecular formula is C36H39Cl2FN6O4. The zero-order chi connectivity index (χ0) is 34.6. The van der Waals surface area contributed by atoms with E-state index in [2.05, 4.69) is 20.9 Å². The number of alkyl halides is 2. The summed E-state index contributed by atoms with van der Waals surface area (Å²) in [6.45, 7) is 2.42. The molecule has 1 amide bonds. The first kappa shape index (κ1) is 34.8. The van der Waals surface area contributed by atoms with Crippen LogP contribution >= 0.6 is 23.2 Å². The number of allylic oxidation sites excluding steroid dienone is 2. The molecule has 0 saturated carbocycles. The number of carbonyl (C=O) groups excluding carboxylic acids is 1. The zero-order valence-electron chi connectivity index (χ0n) is 27.1. The second-order valence-electron chi connectivity index (χ2n) is 12.6. The molecule has 0 spiro atoms. The average Bonchev–Trinajstić information content (AvgIpc) is 3.52. The van der Waals surface area contributed by atoms with E-state index in [1.807, 2.05) is 53.5 Å². The molecule has 3 aliphatic rings. The molecule has 49 heavy (non-hydrogen) atoms. The van der Waals surface area contributed by atoms with Crippen LogP contribution in [0.5, 0.6) is 5.88 Å². The number of likely N-dealkylation sites (tertiary alicyclic amines) is 1. The lowest BCUT2D eigenvalue weighted by atomic mass is 9.79. The number of ether oxygens (including phenoxy) is 1. The fraction of sp³-hybridized carbons (Fsp3) is 0.389. The van der Waals surface area contributed by atoms with Gasteiger partial charge in [0.25, 0.3) is 0 Å². The topological polar surface area (TPSA) is 129 Å². The molecule has 4 N–H and O–H groups in total. The minimum atomic E-state index is -1.72. The van der Waals surface area contributed by atoms with Gasteiger partial charge in [0.1, 0.15) is 5.54 Å². The Kier molecular flexibility index (Phi) is 10.5. The van der Waals surface area contributed by atoms with Crippen molar-refractivity contribution in [1.82, 2.24) is 25.5 Å². The quantitative estimate of drug-likeness (QED) is 0.182. The minimum Gasteiger partial charge on any atom is -0.481 e. The summed E-state index contributed by atoms with van der Waals surface area (Å²) < 4.78 is 20.4. The highest BCUT2D eigenvalue weighted by molar-refractivity contribution is 6.55. The maximum Gasteiger partial charge on any atom is 0.306 e. The predicted octanol–water partition coefficient (Wildman–Crippen LogP) is 5.42. The summed E-state index contributed by atoms with van der Waals surface area (Å²) in [5, 5.41) is 19.0. The van der Waals surface area contributed by atoms with Gasteiger partial charge in [-0.15, -0.1) is 0 Å². The van der Waals surface area contributed by atoms with Crippen molar-refractivity contribution in [2.45, 2.75) is 54.7 Å². The summed E-state index contributed by atoms with van der Waals surface area (Å²) in [7, 11) is 1.53. The number of rotatable bonds is 12. The second-order valence-corrected chi connectivity index (χ2v) is 14.0. The number of amides is 1. The SMILES string of the molecule is COc1nc(C2(Nc3nccc(CN4CCC(C(=O)O)CC4)c3F)C=CC=C(c3ccccc3)C2(Cl)Cl)ccc1CNCC1CCC(=O)N1. The standard InChI is InChI=1S/C36H39Cl2FN6O4/c1-49-33-25(20-40-21-27-10-12-30(46)42-27)9-11-29(43-33)35(16-5-8-28(36(35,37)38)23-6-3-2-4-7-23)44-32-31(39)26(13-17-41-32)22-45-18-14-24(15-19-45)34(47)48/h2-9,11,13,16-17,24,27,40H,10,12,14-15,18-22H2,1H3,(H,41,44)(H,42,46)(H,47,48). The van der Waals surface area contributed by atoms with Crippen LogP contribution < -0.4 is 20.7 Å². The molecule has 2 aliphatic heterocycles. The van der Waals surface area contributed by atoms with Gasteiger partial charge >= 0.3 is 5.97 Å². The van der Waals surface area contributed by atoms with Crippen LogP contribution in [0.3, 0.4) is 0 Å². The van der Waals surface area contributed by atoms with Gasteiger partial charge in [-0.3, -0.25) is 14.5 Å². The molecule has 258 valence electrons. The van der Waals surface area contributed by atoms with Gasteiger partial charge in [0.2, 0.25) is 11.8 Å². The van der Waals surface area contributed by atoms with Crippen LogP contribution in [0.4, 0.5) is 10.2 Å². The van der Waals surface area contributed by atoms with E-state index >= 15 is 4.39 Å². The van der Waals surface area contributed by atoms with Crippen LogP contribution in [-0.2, 0) is 28.2 Å². The van der Waals surface area contributed by atoms with Gasteiger partial charge in [-0.2, -0.15) is 0 Å². The number of halogens is 3. The van der Waals surface area contributed by atoms with E-state index in [-0.39, 0.29) is 23.7 Å². The highest BCUT2D eigenvalue weighted by atomic mass is 35.5. The fourth-order valence-corrected chi connectivity index (χ4v) is 7.46. The summed E-state index contributed by atoms with van der Waals surface area (Å²) in [4.78, 5) is 34.4. The molecule has 2 aromatic heterocycles. The van der Waals surface area contributed by atoms with E-state index in [1.54, 1.807) is 18.2 Å². The molecule has 3 aromatic rings. The number of pyridine rings is 2. The van der Waals surface area contributed by atoms with Gasteiger partial charge in [0, 0.05) is 49.4 Å². The average molecular weight is 710 g/mol. The number of benzene rings is 1. The fourth-order valence-electron chi connectivity index (χ4n) is 6.71. The first-order valence-corrected chi connectivity index (χ1v) is 17.1. The van der Waals surface area contributed by atoms with Gasteiger partial charge in [0.15, 0.2) is 16.0 Å². The van der Waals surface area contributed by atoms with Crippen LogP contribution in [0.15, 0.2) is 73.0 Å². The number of carbonyl (C=O) groups is 2. The third kappa shape index (κ3) is 7.30. The van der Waals surface area contributed by atoms with Gasteiger partial charge in [-0.1, -0.05) is 71.8 Å². The summed E-state index contributed by atoms with van der Waals surface area (Å²) in [5.41, 5.74) is 1.39. The van der Waals surface area contributed by atoms with E-state index in [0.29, 0.717) is 74.7 Å². The van der Waals surface area contributed by atoms with Crippen LogP contribution in [-0.4, -0.2) is 69.0 Å². The van der Waals surface area contributed by atoms with Gasteiger partial charge < -0.3 is 25.8 Å². The number of carboxylic acids is 1. The lowest BCUT2D eigenvalue weighted by Gasteiger charge is -2.44. The molecule has 0 bridgehead atoms. The molecule has 0 radical (unpaired) electrons. The monoisotopic (exact) mass is 708 g/mol. The van der Waals surface area contributed by atoms with Crippen LogP contribution in [0, 0.1) is 11.7 Å². The first-order valence-electron chi connectivity index (χ1n) is 16.4. The number of nitrogens with zero attached hydrogens (tertiary/aromatic N) is 3. The third-order valence-corrected chi connectivity index (χ3v) is 10.5. The smallest absolute Gasteiger partial charge is 0.306 e. The Balaban J connectivity index is 1.33. The maximum absolute atomic E-state index is 16.4. The van der Waals surface area contributed by atoms with E-state index in [1.165, 1.54) is 13.3 Å². The number of hydrogen-bond acceptors (Lipinski definition) is 8. The Hall–Kier alpha value is -4.03. The Labute approximate surface area is 294 Å². The summed E-state index contributed by atoms with van der Waals surface area (Å²) in [5.74, 6) is -1.42. The summed E-state index contributed by atoms with van der Waals surface area (Å²) >= 11 is 14.8. The molecule has 2 fully saturated rings. The number of hydrogen-bond donors (Lipinski definition) is 4. The van der Waals surface area contributed by atoms with Gasteiger partial charge in [-0.05, 0) is 61.7 Å². The zero-order valence-corrected chi connectivity index (χ0v) is 28.6. The van der Waals surface area contributed by atoms with Crippen molar-refractivity contribution >= 4 is 46.5 Å². The van der Waals surface area contributed by atoms with Gasteiger partial charge in [0.05, 0.1) is 18.7 Å². The van der Waals surface area contributed by atoms with Gasteiger partial charge in [-0.25, -0.2) is 14.4 Å². The number of carboxylic acid groups (broad SMARTS) is 1. The molecule has 4 heterocycles. The molecule has 6 rings (SSSR count). The van der Waals surface area contributed by atoms with Crippen molar-refractivity contribution in [3.63, 3.8) is 0 Å². The minimum absolute atomic E-state index is 0.0557. The Morgan fingerprint density at radius 2 is 1.90 bits per heavy atom. The third-order valence-electron chi connectivity index (χ3n) is 9.47. The molecule has 2 unspecified atom stereocenters. The molecule has 2 saturated heterocycles. The van der Waals surface area contributed by atoms with Crippen molar-refractivity contribution < 1.29 is 23.8 Å². The number of aliphatic carboxylic acids is 1. The van der Waals surface area contributed by atoms with E-state index in [4.69, 9.17) is 32.9 Å². The van der Waals surface area contributed by atoms with Crippen LogP contribution in [0.25, 0.3) is 5.57 Å². The van der Waals surface area contributed by atoms with Crippen molar-refractivity contribution in [1.29, 1.82) is 0 Å². The van der Waals surface area contributed by atoms with E-state index < -0.39 is 21.7 Å². The Morgan fingerprint density at radius 1 is 1.12 bits per heavy atom. The van der Waals surface area contributed by atoms with E-state index in [9.17, 15) is 14.7 Å². The van der Waals surface area contributed by atoms with E-state index in [0.717, 1.165) is 17.5 Å². The highest BCUT2D eigenvalue weighted by Crippen LogP contribution is 2.54. The Bertz CT molecular complexity index is 1750. The molecule has 1 aliphatic carbocycles. The summed E-state index contributed by atoms with van der Waals surface area (Å²) in [6.07, 6.45) is 9.24. The highest BCUT2D eigenvalue weighted by Gasteiger charge is 2.55. The number of piperidine rings is 1. The summed E-state index contributed by atoms with van der Waals surface area (Å²) in [6, 6.07) is 14.8. The molecule has 13 heteroatoms. The second kappa shape index (κ2) is 14.8. The van der Waals surface area contributed by atoms with Crippen molar-refractivity contribution in [3.05, 3.63) is 101 Å². The maximum atomic E-state index is 16.4. The number of anilines is 1. The van der Waals surface area contributed by atoms with Crippen LogP contribution in [0.2, 0.25) is 0 Å². The molecule has 1 aromatic carbocycles. The van der Waals surface area contributed by atoms with Crippen molar-refractivity contribution in [3.8, 4) is 5.88 Å². The first-order chi connectivity index (χ1) is 23.6. The lowest BCUT2D eigenvalue weighted by Crippen LogP contribution is -2.51. The van der Waals surface area contributed by atoms with Crippen molar-refractivity contribution in [2.75, 3.05) is 32.1 Å².